The quantitative estimate of drug-likeness (QED) is 0.743. The number of aliphatic hydroxyl groups excluding tert-OH is 1. The van der Waals surface area contributed by atoms with Crippen molar-refractivity contribution in [2.24, 2.45) is 0 Å². The van der Waals surface area contributed by atoms with Gasteiger partial charge in [-0.05, 0) is 32.0 Å². The first-order valence-corrected chi connectivity index (χ1v) is 5.47. The number of carbonyl (C=O) groups is 1. The summed E-state index contributed by atoms with van der Waals surface area (Å²) in [5.41, 5.74) is 5.95. The lowest BCUT2D eigenvalue weighted by Gasteiger charge is -2.38. The first kappa shape index (κ1) is 11.7. The zero-order chi connectivity index (χ0) is 12.6. The maximum Gasteiger partial charge on any atom is 0.270 e. The topological polar surface area (TPSA) is 75.8 Å². The highest BCUT2D eigenvalue weighted by molar-refractivity contribution is 6.02. The van der Waals surface area contributed by atoms with E-state index >= 15 is 0 Å². The number of nitrogen functional groups attached to an aromatic ring is 1. The van der Waals surface area contributed by atoms with E-state index in [1.807, 2.05) is 0 Å². The number of hydrogen-bond donors (Lipinski definition) is 2. The van der Waals surface area contributed by atoms with Crippen molar-refractivity contribution in [3.8, 4) is 5.75 Å². The van der Waals surface area contributed by atoms with Crippen molar-refractivity contribution >= 4 is 17.3 Å². The number of fused-ring (bicyclic) bond motifs is 1. The maximum absolute atomic E-state index is 12.2. The van der Waals surface area contributed by atoms with Crippen LogP contribution in [-0.4, -0.2) is 29.8 Å². The minimum absolute atomic E-state index is 0.101. The van der Waals surface area contributed by atoms with E-state index in [-0.39, 0.29) is 19.1 Å². The number of carbonyl (C=O) groups excluding carboxylic acids is 1. The Morgan fingerprint density at radius 3 is 2.82 bits per heavy atom. The molecule has 1 amide bonds. The Bertz CT molecular complexity index is 457. The molecule has 0 atom stereocenters. The zero-order valence-electron chi connectivity index (χ0n) is 9.93. The van der Waals surface area contributed by atoms with Crippen LogP contribution in [-0.2, 0) is 4.79 Å². The van der Waals surface area contributed by atoms with Gasteiger partial charge in [0.05, 0.1) is 12.3 Å². The van der Waals surface area contributed by atoms with E-state index in [1.54, 1.807) is 32.0 Å². The summed E-state index contributed by atoms with van der Waals surface area (Å²) in [4.78, 5) is 13.7. The van der Waals surface area contributed by atoms with Crippen LogP contribution >= 0.6 is 0 Å². The second-order valence-electron chi connectivity index (χ2n) is 4.52. The van der Waals surface area contributed by atoms with Gasteiger partial charge in [0.1, 0.15) is 5.75 Å². The number of nitrogens with zero attached hydrogens (tertiary/aromatic N) is 1. The molecular weight excluding hydrogens is 220 g/mol. The summed E-state index contributed by atoms with van der Waals surface area (Å²) in [6, 6.07) is 5.14. The minimum Gasteiger partial charge on any atom is -0.476 e. The van der Waals surface area contributed by atoms with Crippen LogP contribution in [0.3, 0.4) is 0 Å². The number of ether oxygens (including phenoxy) is 1. The van der Waals surface area contributed by atoms with Crippen LogP contribution in [0.1, 0.15) is 13.8 Å². The Morgan fingerprint density at radius 2 is 2.18 bits per heavy atom. The van der Waals surface area contributed by atoms with Crippen LogP contribution in [0.25, 0.3) is 0 Å². The molecule has 17 heavy (non-hydrogen) atoms. The molecule has 0 aromatic heterocycles. The van der Waals surface area contributed by atoms with Gasteiger partial charge in [0.25, 0.3) is 5.91 Å². The van der Waals surface area contributed by atoms with E-state index in [9.17, 15) is 4.79 Å². The van der Waals surface area contributed by atoms with Crippen LogP contribution in [0.4, 0.5) is 11.4 Å². The normalized spacial score (nSPS) is 17.6. The van der Waals surface area contributed by atoms with E-state index in [1.165, 1.54) is 4.90 Å². The van der Waals surface area contributed by atoms with Crippen molar-refractivity contribution in [1.29, 1.82) is 0 Å². The van der Waals surface area contributed by atoms with Crippen molar-refractivity contribution in [2.75, 3.05) is 23.8 Å². The first-order chi connectivity index (χ1) is 7.95. The van der Waals surface area contributed by atoms with Crippen molar-refractivity contribution in [1.82, 2.24) is 0 Å². The van der Waals surface area contributed by atoms with Gasteiger partial charge in [-0.25, -0.2) is 0 Å². The third kappa shape index (κ3) is 1.93. The van der Waals surface area contributed by atoms with Gasteiger partial charge in [-0.1, -0.05) is 0 Å². The van der Waals surface area contributed by atoms with Gasteiger partial charge in [-0.2, -0.15) is 0 Å². The van der Waals surface area contributed by atoms with Gasteiger partial charge < -0.3 is 20.5 Å². The Hall–Kier alpha value is -1.75. The number of hydrogen-bond acceptors (Lipinski definition) is 4. The monoisotopic (exact) mass is 236 g/mol. The molecule has 2 rings (SSSR count). The van der Waals surface area contributed by atoms with Crippen LogP contribution in [0, 0.1) is 0 Å². The van der Waals surface area contributed by atoms with E-state index in [2.05, 4.69) is 0 Å². The van der Waals surface area contributed by atoms with Crippen molar-refractivity contribution in [3.05, 3.63) is 18.2 Å². The van der Waals surface area contributed by atoms with Crippen LogP contribution in [0.5, 0.6) is 5.75 Å². The first-order valence-electron chi connectivity index (χ1n) is 5.47. The summed E-state index contributed by atoms with van der Waals surface area (Å²) >= 11 is 0. The fourth-order valence-electron chi connectivity index (χ4n) is 1.91. The molecule has 92 valence electrons. The summed E-state index contributed by atoms with van der Waals surface area (Å²) in [6.45, 7) is 3.55. The fourth-order valence-corrected chi connectivity index (χ4v) is 1.91. The highest BCUT2D eigenvalue weighted by Crippen LogP contribution is 2.38. The standard InChI is InChI=1S/C12H16N2O3/c1-12(2)11(16)14(5-6-15)9-7-8(13)3-4-10(9)17-12/h3-4,7,15H,5-6,13H2,1-2H3. The van der Waals surface area contributed by atoms with E-state index in [0.29, 0.717) is 17.1 Å². The SMILES string of the molecule is CC1(C)Oc2ccc(N)cc2N(CCO)C1=O. The number of rotatable bonds is 2. The number of β-amino-alcohol motifs (C(OH)–C–C–N with tert-alkyl or cyclic N) is 1. The average Bonchev–Trinajstić information content (AvgIpc) is 2.26. The highest BCUT2D eigenvalue weighted by atomic mass is 16.5. The molecule has 0 saturated heterocycles. The van der Waals surface area contributed by atoms with Gasteiger partial charge in [0, 0.05) is 12.2 Å². The predicted octanol–water partition coefficient (Wildman–Crippen LogP) is 0.765. The number of benzene rings is 1. The highest BCUT2D eigenvalue weighted by Gasteiger charge is 2.40. The maximum atomic E-state index is 12.2. The molecule has 0 aliphatic carbocycles. The summed E-state index contributed by atoms with van der Waals surface area (Å²) in [5.74, 6) is 0.432. The third-order valence-corrected chi connectivity index (χ3v) is 2.72. The van der Waals surface area contributed by atoms with Gasteiger partial charge in [0.2, 0.25) is 0 Å². The average molecular weight is 236 g/mol. The lowest BCUT2D eigenvalue weighted by atomic mass is 10.0. The second kappa shape index (κ2) is 3.92. The van der Waals surface area contributed by atoms with Crippen molar-refractivity contribution in [3.63, 3.8) is 0 Å². The molecule has 0 unspecified atom stereocenters. The number of nitrogens with two attached hydrogens (primary N) is 1. The number of anilines is 2. The van der Waals surface area contributed by atoms with Crippen LogP contribution in [0.15, 0.2) is 18.2 Å². The second-order valence-corrected chi connectivity index (χ2v) is 4.52. The zero-order valence-corrected chi connectivity index (χ0v) is 9.93. The molecule has 1 aromatic carbocycles. The lowest BCUT2D eigenvalue weighted by Crippen LogP contribution is -2.53. The van der Waals surface area contributed by atoms with Gasteiger partial charge in [0.15, 0.2) is 5.60 Å². The number of amides is 1. The Labute approximate surface area is 99.8 Å². The third-order valence-electron chi connectivity index (χ3n) is 2.72. The van der Waals surface area contributed by atoms with E-state index in [0.717, 1.165) is 0 Å². The molecule has 1 aliphatic rings. The van der Waals surface area contributed by atoms with Crippen LogP contribution in [0.2, 0.25) is 0 Å². The Kier molecular flexibility index (Phi) is 2.71. The van der Waals surface area contributed by atoms with Gasteiger partial charge in [-0.15, -0.1) is 0 Å². The number of aliphatic hydroxyl groups is 1. The van der Waals surface area contributed by atoms with Crippen molar-refractivity contribution < 1.29 is 14.6 Å². The van der Waals surface area contributed by atoms with Crippen molar-refractivity contribution in [2.45, 2.75) is 19.4 Å². The Balaban J connectivity index is 2.51. The summed E-state index contributed by atoms with van der Waals surface area (Å²) in [7, 11) is 0. The largest absolute Gasteiger partial charge is 0.476 e. The fraction of sp³-hybridized carbons (Fsp3) is 0.417. The lowest BCUT2D eigenvalue weighted by molar-refractivity contribution is -0.132. The predicted molar refractivity (Wildman–Crippen MR) is 65.0 cm³/mol. The molecule has 0 bridgehead atoms. The van der Waals surface area contributed by atoms with E-state index < -0.39 is 5.60 Å². The summed E-state index contributed by atoms with van der Waals surface area (Å²) in [5, 5.41) is 9.04. The van der Waals surface area contributed by atoms with E-state index in [4.69, 9.17) is 15.6 Å². The Morgan fingerprint density at radius 1 is 1.47 bits per heavy atom. The summed E-state index contributed by atoms with van der Waals surface area (Å²) in [6.07, 6.45) is 0. The molecular formula is C12H16N2O3. The molecule has 5 nitrogen and oxygen atoms in total. The summed E-state index contributed by atoms with van der Waals surface area (Å²) < 4.78 is 5.63. The molecule has 0 radical (unpaired) electrons. The molecule has 3 N–H and O–H groups in total. The molecule has 5 heteroatoms. The molecule has 1 aliphatic heterocycles. The smallest absolute Gasteiger partial charge is 0.270 e. The molecule has 0 spiro atoms. The van der Waals surface area contributed by atoms with Crippen LogP contribution < -0.4 is 15.4 Å². The minimum atomic E-state index is -0.918. The molecule has 0 fully saturated rings. The molecule has 1 heterocycles. The molecule has 0 saturated carbocycles. The molecule has 1 aromatic rings. The van der Waals surface area contributed by atoms with Gasteiger partial charge in [-0.3, -0.25) is 4.79 Å². The van der Waals surface area contributed by atoms with Gasteiger partial charge >= 0.3 is 0 Å².